The SMILES string of the molecule is O=C(NCCn1nc(-c2cccs2)n(C2CC2)c1=O)c1cc2ccccc2oc1=O. The third-order valence-corrected chi connectivity index (χ3v) is 5.89. The molecule has 0 radical (unpaired) electrons. The van der Waals surface area contributed by atoms with E-state index in [1.54, 1.807) is 28.8 Å². The molecular weight excluding hydrogens is 404 g/mol. The zero-order chi connectivity index (χ0) is 20.7. The van der Waals surface area contributed by atoms with Gasteiger partial charge in [0.1, 0.15) is 11.1 Å². The Balaban J connectivity index is 1.33. The number of hydrogen-bond donors (Lipinski definition) is 1. The lowest BCUT2D eigenvalue weighted by molar-refractivity contribution is 0.0948. The van der Waals surface area contributed by atoms with Crippen LogP contribution in [-0.4, -0.2) is 26.8 Å². The van der Waals surface area contributed by atoms with Crippen molar-refractivity contribution in [1.82, 2.24) is 19.7 Å². The highest BCUT2D eigenvalue weighted by Gasteiger charge is 2.30. The van der Waals surface area contributed by atoms with Crippen LogP contribution in [0.2, 0.25) is 0 Å². The van der Waals surface area contributed by atoms with Crippen LogP contribution in [0.4, 0.5) is 0 Å². The van der Waals surface area contributed by atoms with Gasteiger partial charge in [-0.3, -0.25) is 9.36 Å². The van der Waals surface area contributed by atoms with E-state index in [0.29, 0.717) is 16.8 Å². The molecule has 0 aliphatic heterocycles. The van der Waals surface area contributed by atoms with Crippen LogP contribution in [-0.2, 0) is 6.54 Å². The summed E-state index contributed by atoms with van der Waals surface area (Å²) in [4.78, 5) is 38.3. The Morgan fingerprint density at radius 3 is 2.80 bits per heavy atom. The van der Waals surface area contributed by atoms with Crippen molar-refractivity contribution in [3.8, 4) is 10.7 Å². The minimum absolute atomic E-state index is 0.0659. The second-order valence-electron chi connectivity index (χ2n) is 7.15. The van der Waals surface area contributed by atoms with E-state index in [-0.39, 0.29) is 30.4 Å². The van der Waals surface area contributed by atoms with Crippen LogP contribution in [0.1, 0.15) is 29.2 Å². The summed E-state index contributed by atoms with van der Waals surface area (Å²) in [6, 6.07) is 12.6. The van der Waals surface area contributed by atoms with E-state index in [4.69, 9.17) is 4.42 Å². The summed E-state index contributed by atoms with van der Waals surface area (Å²) in [7, 11) is 0. The molecule has 152 valence electrons. The van der Waals surface area contributed by atoms with Gasteiger partial charge in [0.25, 0.3) is 5.91 Å². The largest absolute Gasteiger partial charge is 0.422 e. The number of fused-ring (bicyclic) bond motifs is 1. The molecule has 8 nitrogen and oxygen atoms in total. The van der Waals surface area contributed by atoms with Crippen molar-refractivity contribution >= 4 is 28.2 Å². The van der Waals surface area contributed by atoms with Gasteiger partial charge >= 0.3 is 11.3 Å². The number of nitrogens with zero attached hydrogens (tertiary/aromatic N) is 3. The van der Waals surface area contributed by atoms with Gasteiger partial charge in [-0.1, -0.05) is 24.3 Å². The fourth-order valence-corrected chi connectivity index (χ4v) is 4.10. The van der Waals surface area contributed by atoms with E-state index in [2.05, 4.69) is 10.4 Å². The van der Waals surface area contributed by atoms with Gasteiger partial charge in [-0.15, -0.1) is 16.4 Å². The number of nitrogens with one attached hydrogen (secondary N) is 1. The highest BCUT2D eigenvalue weighted by molar-refractivity contribution is 7.13. The summed E-state index contributed by atoms with van der Waals surface area (Å²) >= 11 is 1.54. The van der Waals surface area contributed by atoms with Crippen LogP contribution in [0.3, 0.4) is 0 Å². The summed E-state index contributed by atoms with van der Waals surface area (Å²) in [5, 5.41) is 9.79. The van der Waals surface area contributed by atoms with Crippen molar-refractivity contribution in [1.29, 1.82) is 0 Å². The first-order valence-electron chi connectivity index (χ1n) is 9.66. The van der Waals surface area contributed by atoms with Crippen molar-refractivity contribution in [2.24, 2.45) is 0 Å². The molecule has 4 aromatic rings. The Bertz CT molecular complexity index is 1350. The molecule has 5 rings (SSSR count). The molecular formula is C21H18N4O4S. The van der Waals surface area contributed by atoms with Crippen LogP contribution in [0.15, 0.2) is 61.9 Å². The Morgan fingerprint density at radius 2 is 2.03 bits per heavy atom. The fraction of sp³-hybridized carbons (Fsp3) is 0.238. The summed E-state index contributed by atoms with van der Waals surface area (Å²) < 4.78 is 8.32. The summed E-state index contributed by atoms with van der Waals surface area (Å²) in [5.74, 6) is 0.127. The summed E-state index contributed by atoms with van der Waals surface area (Å²) in [6.07, 6.45) is 1.94. The normalized spacial score (nSPS) is 13.6. The first kappa shape index (κ1) is 18.6. The van der Waals surface area contributed by atoms with E-state index >= 15 is 0 Å². The second kappa shape index (κ2) is 7.42. The summed E-state index contributed by atoms with van der Waals surface area (Å²) in [5.41, 5.74) is -0.511. The number of benzene rings is 1. The molecule has 1 amide bonds. The minimum atomic E-state index is -0.693. The number of hydrogen-bond acceptors (Lipinski definition) is 6. The van der Waals surface area contributed by atoms with Crippen LogP contribution < -0.4 is 16.6 Å². The van der Waals surface area contributed by atoms with Crippen molar-refractivity contribution in [3.05, 3.63) is 74.3 Å². The zero-order valence-corrected chi connectivity index (χ0v) is 16.7. The molecule has 1 aliphatic carbocycles. The number of amides is 1. The monoisotopic (exact) mass is 422 g/mol. The molecule has 0 bridgehead atoms. The van der Waals surface area contributed by atoms with Crippen molar-refractivity contribution in [2.75, 3.05) is 6.54 Å². The lowest BCUT2D eigenvalue weighted by Crippen LogP contribution is -2.34. The quantitative estimate of drug-likeness (QED) is 0.482. The molecule has 0 atom stereocenters. The molecule has 1 aromatic carbocycles. The second-order valence-corrected chi connectivity index (χ2v) is 8.10. The maximum absolute atomic E-state index is 12.8. The van der Waals surface area contributed by atoms with Gasteiger partial charge in [0.05, 0.1) is 11.4 Å². The number of carbonyl (C=O) groups excluding carboxylic acids is 1. The van der Waals surface area contributed by atoms with E-state index in [0.717, 1.165) is 17.7 Å². The maximum Gasteiger partial charge on any atom is 0.349 e. The van der Waals surface area contributed by atoms with Gasteiger partial charge in [-0.05, 0) is 36.4 Å². The summed E-state index contributed by atoms with van der Waals surface area (Å²) in [6.45, 7) is 0.373. The molecule has 0 unspecified atom stereocenters. The van der Waals surface area contributed by atoms with E-state index in [1.165, 1.54) is 22.1 Å². The Kier molecular flexibility index (Phi) is 4.59. The first-order valence-corrected chi connectivity index (χ1v) is 10.5. The van der Waals surface area contributed by atoms with Crippen molar-refractivity contribution < 1.29 is 9.21 Å². The topological polar surface area (TPSA) is 99.1 Å². The smallest absolute Gasteiger partial charge is 0.349 e. The van der Waals surface area contributed by atoms with Gasteiger partial charge in [-0.2, -0.15) is 0 Å². The average Bonchev–Trinajstić information content (AvgIpc) is 3.31. The van der Waals surface area contributed by atoms with Gasteiger partial charge in [0.15, 0.2) is 5.82 Å². The predicted octanol–water partition coefficient (Wildman–Crippen LogP) is 2.64. The minimum Gasteiger partial charge on any atom is -0.422 e. The van der Waals surface area contributed by atoms with Crippen LogP contribution in [0, 0.1) is 0 Å². The molecule has 1 saturated carbocycles. The highest BCUT2D eigenvalue weighted by atomic mass is 32.1. The molecule has 0 saturated heterocycles. The van der Waals surface area contributed by atoms with Gasteiger partial charge in [0, 0.05) is 18.0 Å². The first-order chi connectivity index (χ1) is 14.6. The number of thiophene rings is 1. The number of carbonyl (C=O) groups is 1. The maximum atomic E-state index is 12.8. The third-order valence-electron chi connectivity index (χ3n) is 5.02. The number of rotatable bonds is 6. The van der Waals surface area contributed by atoms with Gasteiger partial charge < -0.3 is 9.73 Å². The van der Waals surface area contributed by atoms with Gasteiger partial charge in [-0.25, -0.2) is 14.3 Å². The number of para-hydroxylation sites is 1. The Hall–Kier alpha value is -3.46. The molecule has 0 spiro atoms. The van der Waals surface area contributed by atoms with Gasteiger partial charge in [0.2, 0.25) is 0 Å². The molecule has 1 aliphatic rings. The molecule has 3 heterocycles. The lowest BCUT2D eigenvalue weighted by Gasteiger charge is -2.05. The Labute approximate surface area is 174 Å². The highest BCUT2D eigenvalue weighted by Crippen LogP contribution is 2.37. The molecule has 1 N–H and O–H groups in total. The molecule has 30 heavy (non-hydrogen) atoms. The van der Waals surface area contributed by atoms with E-state index in [1.807, 2.05) is 17.5 Å². The average molecular weight is 422 g/mol. The Morgan fingerprint density at radius 1 is 1.20 bits per heavy atom. The molecule has 9 heteroatoms. The third kappa shape index (κ3) is 3.37. The molecule has 1 fully saturated rings. The van der Waals surface area contributed by atoms with E-state index in [9.17, 15) is 14.4 Å². The van der Waals surface area contributed by atoms with Crippen LogP contribution in [0.5, 0.6) is 0 Å². The predicted molar refractivity (Wildman–Crippen MR) is 113 cm³/mol. The zero-order valence-electron chi connectivity index (χ0n) is 15.9. The van der Waals surface area contributed by atoms with Crippen LogP contribution in [0.25, 0.3) is 21.7 Å². The van der Waals surface area contributed by atoms with Crippen molar-refractivity contribution in [3.63, 3.8) is 0 Å². The lowest BCUT2D eigenvalue weighted by atomic mass is 10.2. The number of aromatic nitrogens is 3. The fourth-order valence-electron chi connectivity index (χ4n) is 3.39. The van der Waals surface area contributed by atoms with Crippen molar-refractivity contribution in [2.45, 2.75) is 25.4 Å². The van der Waals surface area contributed by atoms with E-state index < -0.39 is 11.5 Å². The molecule has 3 aromatic heterocycles. The van der Waals surface area contributed by atoms with Crippen LogP contribution >= 0.6 is 11.3 Å². The standard InChI is InChI=1S/C21H18N4O4S/c26-19(15-12-13-4-1-2-5-16(13)29-20(15)27)22-9-10-24-21(28)25(14-7-8-14)18(23-24)17-6-3-11-30-17/h1-6,11-12,14H,7-10H2,(H,22,26).